The zero-order valence-electron chi connectivity index (χ0n) is 17.3. The number of hydrogen-bond acceptors (Lipinski definition) is 3. The van der Waals surface area contributed by atoms with E-state index in [-0.39, 0.29) is 24.5 Å². The second-order valence-electron chi connectivity index (χ2n) is 6.83. The molecule has 6 heteroatoms. The van der Waals surface area contributed by atoms with Crippen molar-refractivity contribution in [2.24, 2.45) is 10.4 Å². The fourth-order valence-corrected chi connectivity index (χ4v) is 3.01. The van der Waals surface area contributed by atoms with Crippen molar-refractivity contribution in [1.82, 2.24) is 10.6 Å². The molecule has 4 N–H and O–H groups in total. The summed E-state index contributed by atoms with van der Waals surface area (Å²) in [5.74, 6) is 0.479. The second-order valence-corrected chi connectivity index (χ2v) is 6.83. The predicted molar refractivity (Wildman–Crippen MR) is 113 cm³/mol. The number of nitrogens with one attached hydrogen (secondary N) is 3. The lowest BCUT2D eigenvalue weighted by Crippen LogP contribution is -2.44. The number of carbonyl (C=O) groups is 1. The van der Waals surface area contributed by atoms with E-state index in [1.807, 2.05) is 31.2 Å². The summed E-state index contributed by atoms with van der Waals surface area (Å²) >= 11 is 0. The first-order valence-electron chi connectivity index (χ1n) is 10.0. The molecule has 1 amide bonds. The van der Waals surface area contributed by atoms with Gasteiger partial charge in [-0.25, -0.2) is 4.99 Å². The third-order valence-electron chi connectivity index (χ3n) is 5.12. The van der Waals surface area contributed by atoms with E-state index in [1.54, 1.807) is 0 Å². The summed E-state index contributed by atoms with van der Waals surface area (Å²) in [5, 5.41) is 18.8. The highest BCUT2D eigenvalue weighted by Gasteiger charge is 2.25. The maximum Gasteiger partial charge on any atom is 0.246 e. The Bertz CT molecular complexity index is 598. The summed E-state index contributed by atoms with van der Waals surface area (Å²) < 4.78 is 0. The van der Waals surface area contributed by atoms with Gasteiger partial charge < -0.3 is 21.1 Å². The van der Waals surface area contributed by atoms with Crippen LogP contribution in [0, 0.1) is 5.41 Å². The highest BCUT2D eigenvalue weighted by atomic mass is 16.3. The zero-order chi connectivity index (χ0) is 20.1. The summed E-state index contributed by atoms with van der Waals surface area (Å²) in [6, 6.07) is 7.85. The van der Waals surface area contributed by atoms with Gasteiger partial charge in [-0.15, -0.1) is 0 Å². The molecule has 0 fully saturated rings. The van der Waals surface area contributed by atoms with Gasteiger partial charge in [0.1, 0.15) is 6.54 Å². The zero-order valence-corrected chi connectivity index (χ0v) is 17.3. The Labute approximate surface area is 163 Å². The normalized spacial score (nSPS) is 12.0. The number of amides is 1. The average molecular weight is 377 g/mol. The molecule has 0 aliphatic rings. The number of carbonyl (C=O) groups excluding carboxylic acids is 1. The Kier molecular flexibility index (Phi) is 10.5. The van der Waals surface area contributed by atoms with Crippen LogP contribution in [0.3, 0.4) is 0 Å². The Hall–Kier alpha value is -2.08. The fourth-order valence-electron chi connectivity index (χ4n) is 3.01. The van der Waals surface area contributed by atoms with E-state index in [4.69, 9.17) is 0 Å². The van der Waals surface area contributed by atoms with Crippen LogP contribution in [0.5, 0.6) is 0 Å². The maximum absolute atomic E-state index is 12.2. The van der Waals surface area contributed by atoms with Crippen molar-refractivity contribution in [3.63, 3.8) is 0 Å². The monoisotopic (exact) mass is 376 g/mol. The van der Waals surface area contributed by atoms with Crippen molar-refractivity contribution < 1.29 is 9.90 Å². The number of aliphatic hydroxyl groups excluding tert-OH is 1. The van der Waals surface area contributed by atoms with Crippen LogP contribution in [-0.4, -0.2) is 43.2 Å². The molecule has 0 spiro atoms. The third kappa shape index (κ3) is 7.99. The van der Waals surface area contributed by atoms with Crippen molar-refractivity contribution >= 4 is 17.6 Å². The van der Waals surface area contributed by atoms with E-state index in [0.29, 0.717) is 12.5 Å². The first-order valence-corrected chi connectivity index (χ1v) is 10.0. The van der Waals surface area contributed by atoms with Gasteiger partial charge in [-0.05, 0) is 55.7 Å². The van der Waals surface area contributed by atoms with Gasteiger partial charge in [0.15, 0.2) is 5.96 Å². The van der Waals surface area contributed by atoms with E-state index in [2.05, 4.69) is 41.7 Å². The summed E-state index contributed by atoms with van der Waals surface area (Å²) in [4.78, 5) is 16.6. The number of anilines is 1. The van der Waals surface area contributed by atoms with Gasteiger partial charge in [0, 0.05) is 25.4 Å². The SMILES string of the molecule is CCNC(=NCC(=O)Nc1cccc(CC)c1)NCC(CC)(CC)CCO. The molecule has 0 aliphatic heterocycles. The van der Waals surface area contributed by atoms with Crippen molar-refractivity contribution in [3.8, 4) is 0 Å². The highest BCUT2D eigenvalue weighted by molar-refractivity contribution is 5.94. The number of benzene rings is 1. The van der Waals surface area contributed by atoms with Crippen LogP contribution in [0.2, 0.25) is 0 Å². The van der Waals surface area contributed by atoms with Crippen LogP contribution < -0.4 is 16.0 Å². The lowest BCUT2D eigenvalue weighted by atomic mass is 9.79. The van der Waals surface area contributed by atoms with Gasteiger partial charge in [-0.3, -0.25) is 4.79 Å². The van der Waals surface area contributed by atoms with Gasteiger partial charge in [0.2, 0.25) is 5.91 Å². The molecule has 0 heterocycles. The first kappa shape index (κ1) is 23.0. The molecule has 0 unspecified atom stereocenters. The molecule has 152 valence electrons. The third-order valence-corrected chi connectivity index (χ3v) is 5.12. The second kappa shape index (κ2) is 12.3. The lowest BCUT2D eigenvalue weighted by Gasteiger charge is -2.32. The lowest BCUT2D eigenvalue weighted by molar-refractivity contribution is -0.114. The molecule has 0 atom stereocenters. The number of aryl methyl sites for hydroxylation is 1. The number of guanidine groups is 1. The Morgan fingerprint density at radius 2 is 1.89 bits per heavy atom. The summed E-state index contributed by atoms with van der Waals surface area (Å²) in [5.41, 5.74) is 2.02. The van der Waals surface area contributed by atoms with Crippen LogP contribution in [-0.2, 0) is 11.2 Å². The number of hydrogen-bond donors (Lipinski definition) is 4. The maximum atomic E-state index is 12.2. The highest BCUT2D eigenvalue weighted by Crippen LogP contribution is 2.29. The van der Waals surface area contributed by atoms with Crippen LogP contribution in [0.15, 0.2) is 29.3 Å². The standard InChI is InChI=1S/C21H36N4O2/c1-5-17-10-9-11-18(14-17)25-19(27)15-23-20(22-8-4)24-16-21(6-2,7-3)12-13-26/h9-11,14,26H,5-8,12-13,15-16H2,1-4H3,(H,25,27)(H2,22,23,24). The minimum Gasteiger partial charge on any atom is -0.396 e. The van der Waals surface area contributed by atoms with Gasteiger partial charge in [0.25, 0.3) is 0 Å². The summed E-state index contributed by atoms with van der Waals surface area (Å²) in [7, 11) is 0. The van der Waals surface area contributed by atoms with E-state index in [0.717, 1.165) is 37.9 Å². The molecule has 27 heavy (non-hydrogen) atoms. The van der Waals surface area contributed by atoms with Gasteiger partial charge in [0.05, 0.1) is 0 Å². The van der Waals surface area contributed by atoms with E-state index < -0.39 is 0 Å². The number of nitrogens with zero attached hydrogens (tertiary/aromatic N) is 1. The van der Waals surface area contributed by atoms with Gasteiger partial charge in [-0.2, -0.15) is 0 Å². The van der Waals surface area contributed by atoms with E-state index in [1.165, 1.54) is 5.56 Å². The van der Waals surface area contributed by atoms with Crippen LogP contribution in [0.1, 0.15) is 52.5 Å². The Morgan fingerprint density at radius 1 is 1.15 bits per heavy atom. The van der Waals surface area contributed by atoms with Crippen LogP contribution in [0.4, 0.5) is 5.69 Å². The summed E-state index contributed by atoms with van der Waals surface area (Å²) in [6.07, 6.45) is 3.64. The molecular formula is C21H36N4O2. The summed E-state index contributed by atoms with van der Waals surface area (Å²) in [6.45, 7) is 10.0. The van der Waals surface area contributed by atoms with E-state index in [9.17, 15) is 9.90 Å². The van der Waals surface area contributed by atoms with Crippen LogP contribution >= 0.6 is 0 Å². The molecule has 0 saturated carbocycles. The van der Waals surface area contributed by atoms with Crippen molar-refractivity contribution in [3.05, 3.63) is 29.8 Å². The number of aliphatic imine (C=N–C) groups is 1. The first-order chi connectivity index (χ1) is 13.0. The Balaban J connectivity index is 2.67. The van der Waals surface area contributed by atoms with Crippen molar-refractivity contribution in [1.29, 1.82) is 0 Å². The average Bonchev–Trinajstić information content (AvgIpc) is 2.69. The number of rotatable bonds is 11. The van der Waals surface area contributed by atoms with Crippen molar-refractivity contribution in [2.45, 2.75) is 53.4 Å². The minimum atomic E-state index is -0.145. The molecule has 0 aromatic heterocycles. The quantitative estimate of drug-likeness (QED) is 0.353. The predicted octanol–water partition coefficient (Wildman–Crippen LogP) is 2.93. The molecule has 0 aliphatic carbocycles. The molecule has 0 bridgehead atoms. The molecule has 0 radical (unpaired) electrons. The smallest absolute Gasteiger partial charge is 0.246 e. The van der Waals surface area contributed by atoms with Gasteiger partial charge >= 0.3 is 0 Å². The molecule has 0 saturated heterocycles. The molecular weight excluding hydrogens is 340 g/mol. The molecule has 1 aromatic carbocycles. The van der Waals surface area contributed by atoms with Crippen molar-refractivity contribution in [2.75, 3.05) is 31.6 Å². The molecule has 1 rings (SSSR count). The fraction of sp³-hybridized carbons (Fsp3) is 0.619. The molecule has 6 nitrogen and oxygen atoms in total. The van der Waals surface area contributed by atoms with E-state index >= 15 is 0 Å². The topological polar surface area (TPSA) is 85.8 Å². The largest absolute Gasteiger partial charge is 0.396 e. The molecule has 1 aromatic rings. The van der Waals surface area contributed by atoms with Crippen LogP contribution in [0.25, 0.3) is 0 Å². The number of aliphatic hydroxyl groups is 1. The Morgan fingerprint density at radius 3 is 2.48 bits per heavy atom. The van der Waals surface area contributed by atoms with Gasteiger partial charge in [-0.1, -0.05) is 32.9 Å². The minimum absolute atomic E-state index is 0.0355.